The molecule has 0 aliphatic rings. The van der Waals surface area contributed by atoms with Crippen LogP contribution < -0.4 is 5.32 Å². The van der Waals surface area contributed by atoms with Crippen LogP contribution in [-0.2, 0) is 0 Å². The topological polar surface area (TPSA) is 152 Å². The van der Waals surface area contributed by atoms with Crippen molar-refractivity contribution in [3.63, 3.8) is 0 Å². The first-order valence-corrected chi connectivity index (χ1v) is 8.46. The van der Waals surface area contributed by atoms with Gasteiger partial charge in [-0.3, -0.25) is 30.3 Å². The van der Waals surface area contributed by atoms with Crippen LogP contribution in [0.4, 0.5) is 16.5 Å². The number of nitro groups is 2. The molecule has 1 amide bonds. The van der Waals surface area contributed by atoms with Gasteiger partial charge in [-0.25, -0.2) is 4.98 Å². The number of carbonyl (C=O) groups excluding carboxylic acids is 1. The van der Waals surface area contributed by atoms with E-state index in [1.54, 1.807) is 29.6 Å². The predicted molar refractivity (Wildman–Crippen MR) is 100.0 cm³/mol. The number of amides is 1. The molecule has 28 heavy (non-hydrogen) atoms. The summed E-state index contributed by atoms with van der Waals surface area (Å²) in [6.45, 7) is 0. The summed E-state index contributed by atoms with van der Waals surface area (Å²) in [5.41, 5.74) is 0.459. The molecule has 0 unspecified atom stereocenters. The lowest BCUT2D eigenvalue weighted by molar-refractivity contribution is -0.394. The Balaban J connectivity index is 1.83. The average Bonchev–Trinajstić information content (AvgIpc) is 3.16. The van der Waals surface area contributed by atoms with Gasteiger partial charge in [-0.2, -0.15) is 5.26 Å². The highest BCUT2D eigenvalue weighted by Crippen LogP contribution is 2.27. The van der Waals surface area contributed by atoms with Gasteiger partial charge in [0.25, 0.3) is 17.3 Å². The van der Waals surface area contributed by atoms with Gasteiger partial charge >= 0.3 is 0 Å². The fraction of sp³-hybridized carbons (Fsp3) is 0. The number of aromatic nitrogens is 1. The summed E-state index contributed by atoms with van der Waals surface area (Å²) in [5, 5.41) is 35.1. The molecule has 0 saturated heterocycles. The number of nitriles is 1. The number of thiazole rings is 1. The molecule has 1 aromatic heterocycles. The fourth-order valence-corrected chi connectivity index (χ4v) is 3.00. The summed E-state index contributed by atoms with van der Waals surface area (Å²) in [5.74, 6) is -0.757. The molecule has 0 aliphatic heterocycles. The molecule has 0 spiro atoms. The number of carbonyl (C=O) groups is 1. The minimum atomic E-state index is -0.809. The van der Waals surface area contributed by atoms with Gasteiger partial charge in [0.1, 0.15) is 0 Å². The maximum absolute atomic E-state index is 12.4. The Labute approximate surface area is 161 Å². The molecule has 3 aromatic rings. The average molecular weight is 395 g/mol. The normalized spacial score (nSPS) is 10.1. The third-order valence-corrected chi connectivity index (χ3v) is 4.38. The van der Waals surface area contributed by atoms with Crippen molar-refractivity contribution < 1.29 is 14.6 Å². The van der Waals surface area contributed by atoms with E-state index in [0.29, 0.717) is 11.3 Å². The summed E-state index contributed by atoms with van der Waals surface area (Å²) in [6, 6.07) is 11.4. The van der Waals surface area contributed by atoms with E-state index in [9.17, 15) is 25.0 Å². The molecule has 1 heterocycles. The minimum absolute atomic E-state index is 0.221. The molecule has 1 N–H and O–H groups in total. The number of nitrogens with one attached hydrogen (secondary N) is 1. The van der Waals surface area contributed by atoms with E-state index < -0.39 is 27.1 Å². The lowest BCUT2D eigenvalue weighted by Gasteiger charge is -2.02. The number of anilines is 1. The summed E-state index contributed by atoms with van der Waals surface area (Å²) >= 11 is 1.12. The van der Waals surface area contributed by atoms with Crippen LogP contribution >= 0.6 is 11.3 Å². The molecule has 0 radical (unpaired) electrons. The van der Waals surface area contributed by atoms with Crippen molar-refractivity contribution in [2.75, 3.05) is 5.32 Å². The Kier molecular flexibility index (Phi) is 5.05. The zero-order chi connectivity index (χ0) is 20.3. The molecule has 10 nitrogen and oxygen atoms in total. The molecular weight excluding hydrogens is 386 g/mol. The summed E-state index contributed by atoms with van der Waals surface area (Å²) in [6.07, 6.45) is 0. The van der Waals surface area contributed by atoms with E-state index in [1.165, 1.54) is 0 Å². The van der Waals surface area contributed by atoms with Crippen molar-refractivity contribution >= 4 is 33.8 Å². The van der Waals surface area contributed by atoms with E-state index in [-0.39, 0.29) is 10.7 Å². The second-order valence-corrected chi connectivity index (χ2v) is 6.29. The van der Waals surface area contributed by atoms with Gasteiger partial charge in [-0.1, -0.05) is 12.1 Å². The summed E-state index contributed by atoms with van der Waals surface area (Å²) < 4.78 is 0. The van der Waals surface area contributed by atoms with Gasteiger partial charge in [-0.05, 0) is 12.1 Å². The molecule has 0 bridgehead atoms. The van der Waals surface area contributed by atoms with Gasteiger partial charge in [0.15, 0.2) is 5.13 Å². The van der Waals surface area contributed by atoms with Gasteiger partial charge < -0.3 is 0 Å². The monoisotopic (exact) mass is 395 g/mol. The smallest absolute Gasteiger partial charge is 0.277 e. The van der Waals surface area contributed by atoms with E-state index in [2.05, 4.69) is 10.3 Å². The highest BCUT2D eigenvalue weighted by Gasteiger charge is 2.20. The van der Waals surface area contributed by atoms with Crippen LogP contribution in [0.2, 0.25) is 0 Å². The number of hydrogen-bond acceptors (Lipinski definition) is 8. The van der Waals surface area contributed by atoms with Gasteiger partial charge in [0.05, 0.1) is 38.8 Å². The molecule has 0 aliphatic carbocycles. The number of hydrogen-bond donors (Lipinski definition) is 1. The van der Waals surface area contributed by atoms with Crippen molar-refractivity contribution in [1.82, 2.24) is 4.98 Å². The van der Waals surface area contributed by atoms with Crippen molar-refractivity contribution in [3.05, 3.63) is 79.2 Å². The van der Waals surface area contributed by atoms with Crippen LogP contribution in [0.5, 0.6) is 0 Å². The van der Waals surface area contributed by atoms with Crippen LogP contribution in [-0.4, -0.2) is 20.7 Å². The van der Waals surface area contributed by atoms with Crippen molar-refractivity contribution in [2.45, 2.75) is 0 Å². The number of nitro benzene ring substituents is 2. The molecule has 3 rings (SSSR count). The number of nitrogens with zero attached hydrogens (tertiary/aromatic N) is 4. The third-order valence-electron chi connectivity index (χ3n) is 3.62. The maximum atomic E-state index is 12.4. The zero-order valence-corrected chi connectivity index (χ0v) is 14.7. The molecule has 0 saturated carbocycles. The Morgan fingerprint density at radius 3 is 2.21 bits per heavy atom. The zero-order valence-electron chi connectivity index (χ0n) is 13.9. The van der Waals surface area contributed by atoms with Crippen LogP contribution in [0.1, 0.15) is 15.9 Å². The SMILES string of the molecule is N#Cc1ccc(-c2csc(NC(=O)c3cc([N+](=O)[O-])cc([N+](=O)[O-])c3)n2)cc1. The van der Waals surface area contributed by atoms with Crippen LogP contribution in [0, 0.1) is 31.6 Å². The Morgan fingerprint density at radius 2 is 1.68 bits per heavy atom. The van der Waals surface area contributed by atoms with Crippen molar-refractivity contribution in [2.24, 2.45) is 0 Å². The lowest BCUT2D eigenvalue weighted by Crippen LogP contribution is -2.12. The molecular formula is C17H9N5O5S. The van der Waals surface area contributed by atoms with Gasteiger partial charge in [0, 0.05) is 23.1 Å². The van der Waals surface area contributed by atoms with Crippen LogP contribution in [0.15, 0.2) is 47.8 Å². The van der Waals surface area contributed by atoms with E-state index >= 15 is 0 Å². The first kappa shape index (κ1) is 18.6. The summed E-state index contributed by atoms with van der Waals surface area (Å²) in [7, 11) is 0. The predicted octanol–water partition coefficient (Wildman–Crippen LogP) is 3.75. The van der Waals surface area contributed by atoms with Crippen LogP contribution in [0.25, 0.3) is 11.3 Å². The standard InChI is InChI=1S/C17H9N5O5S/c18-8-10-1-3-11(4-2-10)15-9-28-17(19-15)20-16(23)12-5-13(21(24)25)7-14(6-12)22(26)27/h1-7,9H,(H,19,20,23). The third kappa shape index (κ3) is 3.97. The molecule has 138 valence electrons. The largest absolute Gasteiger partial charge is 0.298 e. The van der Waals surface area contributed by atoms with E-state index in [0.717, 1.165) is 35.1 Å². The van der Waals surface area contributed by atoms with Crippen molar-refractivity contribution in [3.8, 4) is 17.3 Å². The van der Waals surface area contributed by atoms with E-state index in [1.807, 2.05) is 6.07 Å². The van der Waals surface area contributed by atoms with Gasteiger partial charge in [-0.15, -0.1) is 11.3 Å². The van der Waals surface area contributed by atoms with Crippen molar-refractivity contribution in [1.29, 1.82) is 5.26 Å². The minimum Gasteiger partial charge on any atom is -0.298 e. The lowest BCUT2D eigenvalue weighted by atomic mass is 10.1. The Hall–Kier alpha value is -4.17. The molecule has 0 fully saturated rings. The first-order chi connectivity index (χ1) is 13.4. The van der Waals surface area contributed by atoms with Crippen LogP contribution in [0.3, 0.4) is 0 Å². The van der Waals surface area contributed by atoms with E-state index in [4.69, 9.17) is 5.26 Å². The van der Waals surface area contributed by atoms with Gasteiger partial charge in [0.2, 0.25) is 0 Å². The highest BCUT2D eigenvalue weighted by atomic mass is 32.1. The number of benzene rings is 2. The summed E-state index contributed by atoms with van der Waals surface area (Å²) in [4.78, 5) is 36.9. The highest BCUT2D eigenvalue weighted by molar-refractivity contribution is 7.14. The molecule has 0 atom stereocenters. The fourth-order valence-electron chi connectivity index (χ4n) is 2.29. The quantitative estimate of drug-likeness (QED) is 0.510. The first-order valence-electron chi connectivity index (χ1n) is 7.58. The number of non-ortho nitro benzene ring substituents is 2. The Morgan fingerprint density at radius 1 is 1.07 bits per heavy atom. The second-order valence-electron chi connectivity index (χ2n) is 5.43. The Bertz CT molecular complexity index is 1100. The second kappa shape index (κ2) is 7.60. The maximum Gasteiger partial charge on any atom is 0.277 e. The number of rotatable bonds is 5. The molecule has 2 aromatic carbocycles. The molecule has 11 heteroatoms.